The molecule has 6 unspecified atom stereocenters. The van der Waals surface area contributed by atoms with E-state index < -0.39 is 10.8 Å². The van der Waals surface area contributed by atoms with E-state index in [2.05, 4.69) is 134 Å². The first kappa shape index (κ1) is 28.6. The summed E-state index contributed by atoms with van der Waals surface area (Å²) >= 11 is 22.7. The van der Waals surface area contributed by atoms with Crippen LogP contribution in [0.4, 0.5) is 11.4 Å². The van der Waals surface area contributed by atoms with Crippen LogP contribution in [0, 0.1) is 32.5 Å². The second-order valence-corrected chi connectivity index (χ2v) is 20.0. The molecule has 6 aliphatic rings. The third-order valence-corrected chi connectivity index (χ3v) is 17.6. The Hall–Kier alpha value is 1.04. The minimum Gasteiger partial charge on any atom is -0.326 e. The highest BCUT2D eigenvalue weighted by atomic mass is 79.9. The lowest BCUT2D eigenvalue weighted by atomic mass is 9.43. The van der Waals surface area contributed by atoms with Crippen LogP contribution in [0.1, 0.15) is 53.4 Å². The zero-order chi connectivity index (χ0) is 26.7. The molecule has 2 N–H and O–H groups in total. The normalized spacial score (nSPS) is 41.1. The maximum Gasteiger partial charge on any atom is 0.232 e. The summed E-state index contributed by atoms with van der Waals surface area (Å²) in [7, 11) is 0. The molecule has 4 nitrogen and oxygen atoms in total. The molecule has 0 saturated heterocycles. The van der Waals surface area contributed by atoms with Gasteiger partial charge in [-0.05, 0) is 60.8 Å². The van der Waals surface area contributed by atoms with Crippen molar-refractivity contribution in [3.8, 4) is 0 Å². The number of carbonyl (C=O) groups is 2. The van der Waals surface area contributed by atoms with Gasteiger partial charge in [0.25, 0.3) is 0 Å². The molecule has 0 aliphatic heterocycles. The number of halogens is 6. The summed E-state index contributed by atoms with van der Waals surface area (Å²) in [4.78, 5) is 27.4. The van der Waals surface area contributed by atoms with Gasteiger partial charge in [-0.3, -0.25) is 9.59 Å². The van der Waals surface area contributed by atoms with Crippen molar-refractivity contribution in [1.29, 1.82) is 0 Å². The molecule has 10 heteroatoms. The predicted octanol–water partition coefficient (Wildman–Crippen LogP) is 8.94. The molecule has 6 fully saturated rings. The Morgan fingerprint density at radius 2 is 1.00 bits per heavy atom. The van der Waals surface area contributed by atoms with Gasteiger partial charge >= 0.3 is 0 Å². The summed E-state index contributed by atoms with van der Waals surface area (Å²) in [5, 5.41) is 6.33. The van der Waals surface area contributed by atoms with Crippen molar-refractivity contribution in [2.45, 2.75) is 70.5 Å². The van der Waals surface area contributed by atoms with E-state index in [1.807, 2.05) is 24.3 Å². The fourth-order valence-electron chi connectivity index (χ4n) is 8.52. The van der Waals surface area contributed by atoms with Crippen LogP contribution in [0.15, 0.2) is 24.3 Å². The molecule has 6 aliphatic carbocycles. The SMILES string of the molecule is CC1(C)C2(C(=O)Nc3ccc(NC(=O)C45CCC(C(Br)Br)(C4Br)C5(C)C)cc3)CCC1(C(Br)Br)C2Br. The Morgan fingerprint density at radius 1 is 0.694 bits per heavy atom. The lowest BCUT2D eigenvalue weighted by Crippen LogP contribution is -2.71. The first-order chi connectivity index (χ1) is 16.6. The van der Waals surface area contributed by atoms with Crippen molar-refractivity contribution in [1.82, 2.24) is 0 Å². The van der Waals surface area contributed by atoms with Crippen molar-refractivity contribution in [3.05, 3.63) is 24.3 Å². The summed E-state index contributed by atoms with van der Waals surface area (Å²) in [6.07, 6.45) is 3.66. The number of hydrogen-bond donors (Lipinski definition) is 2. The van der Waals surface area contributed by atoms with Gasteiger partial charge in [0.15, 0.2) is 0 Å². The van der Waals surface area contributed by atoms with E-state index in [0.29, 0.717) is 0 Å². The number of nitrogens with one attached hydrogen (secondary N) is 2. The van der Waals surface area contributed by atoms with Crippen LogP contribution in [-0.2, 0) is 9.59 Å². The summed E-state index contributed by atoms with van der Waals surface area (Å²) in [5.41, 5.74) is 0.208. The van der Waals surface area contributed by atoms with E-state index in [1.165, 1.54) is 0 Å². The molecule has 36 heavy (non-hydrogen) atoms. The molecule has 1 aromatic rings. The van der Waals surface area contributed by atoms with Gasteiger partial charge < -0.3 is 10.6 Å². The Labute approximate surface area is 263 Å². The number of amides is 2. The molecule has 0 heterocycles. The van der Waals surface area contributed by atoms with Crippen molar-refractivity contribution >= 4 is 119 Å². The Balaban J connectivity index is 1.28. The van der Waals surface area contributed by atoms with Crippen LogP contribution in [0.3, 0.4) is 0 Å². The maximum atomic E-state index is 13.6. The van der Waals surface area contributed by atoms with Gasteiger partial charge in [-0.2, -0.15) is 0 Å². The molecule has 0 spiro atoms. The van der Waals surface area contributed by atoms with E-state index in [0.717, 1.165) is 37.1 Å². The van der Waals surface area contributed by atoms with Crippen LogP contribution in [-0.4, -0.2) is 28.9 Å². The molecule has 6 atom stereocenters. The number of carbonyl (C=O) groups excluding carboxylic acids is 2. The van der Waals surface area contributed by atoms with Crippen molar-refractivity contribution in [2.75, 3.05) is 10.6 Å². The minimum absolute atomic E-state index is 0.0119. The Bertz CT molecular complexity index is 1040. The Kier molecular flexibility index (Phi) is 6.96. The largest absolute Gasteiger partial charge is 0.326 e. The zero-order valence-electron chi connectivity index (χ0n) is 20.5. The number of alkyl halides is 6. The van der Waals surface area contributed by atoms with Crippen molar-refractivity contribution in [3.63, 3.8) is 0 Å². The molecule has 0 radical (unpaired) electrons. The third-order valence-electron chi connectivity index (χ3n) is 11.2. The molecule has 1 aromatic carbocycles. The molecular weight excluding hydrogens is 852 g/mol. The number of rotatable bonds is 6. The van der Waals surface area contributed by atoms with Gasteiger partial charge in [0.05, 0.1) is 18.3 Å². The van der Waals surface area contributed by atoms with E-state index in [9.17, 15) is 9.59 Å². The summed E-state index contributed by atoms with van der Waals surface area (Å²) in [5.74, 6) is 0.108. The summed E-state index contributed by atoms with van der Waals surface area (Å²) in [6.45, 7) is 8.81. The average molecular weight is 882 g/mol. The quantitative estimate of drug-likeness (QED) is 0.281. The van der Waals surface area contributed by atoms with Crippen molar-refractivity contribution in [2.24, 2.45) is 32.5 Å². The standard InChI is InChI=1S/C26H30Br6N2O2/c1-21(2)23(17(29)30)9-11-25(21,15(23)27)19(35)33-13-5-7-14(8-6-13)34-20(36)26-12-10-24(16(26)28,18(31)32)22(26,3)4/h5-8,15-18H,9-12H2,1-4H3,(H,33,35)(H,34,36). The lowest BCUT2D eigenvalue weighted by molar-refractivity contribution is -0.156. The van der Waals surface area contributed by atoms with Crippen LogP contribution >= 0.6 is 95.6 Å². The number of fused-ring (bicyclic) bond motifs is 2. The van der Waals surface area contributed by atoms with Crippen LogP contribution in [0.2, 0.25) is 0 Å². The van der Waals surface area contributed by atoms with Gasteiger partial charge in [0.2, 0.25) is 11.8 Å². The minimum atomic E-state index is -0.461. The highest BCUT2D eigenvalue weighted by Gasteiger charge is 2.84. The van der Waals surface area contributed by atoms with E-state index in [4.69, 9.17) is 0 Å². The molecule has 7 rings (SSSR count). The van der Waals surface area contributed by atoms with Crippen LogP contribution in [0.5, 0.6) is 0 Å². The molecule has 2 amide bonds. The van der Waals surface area contributed by atoms with E-state index in [1.54, 1.807) is 0 Å². The van der Waals surface area contributed by atoms with E-state index in [-0.39, 0.29) is 50.6 Å². The topological polar surface area (TPSA) is 58.2 Å². The molecule has 198 valence electrons. The van der Waals surface area contributed by atoms with Gasteiger partial charge in [0.1, 0.15) is 0 Å². The lowest BCUT2D eigenvalue weighted by Gasteiger charge is -2.66. The average Bonchev–Trinajstić information content (AvgIpc) is 3.46. The molecule has 0 aromatic heterocycles. The van der Waals surface area contributed by atoms with Gasteiger partial charge in [-0.1, -0.05) is 123 Å². The van der Waals surface area contributed by atoms with E-state index >= 15 is 0 Å². The monoisotopic (exact) mass is 876 g/mol. The molecule has 6 saturated carbocycles. The highest BCUT2D eigenvalue weighted by molar-refractivity contribution is 9.25. The zero-order valence-corrected chi connectivity index (χ0v) is 30.0. The first-order valence-corrected chi connectivity index (χ1v) is 17.7. The van der Waals surface area contributed by atoms with Crippen molar-refractivity contribution < 1.29 is 9.59 Å². The molecular formula is C26H30Br6N2O2. The van der Waals surface area contributed by atoms with Gasteiger partial charge in [-0.15, -0.1) is 0 Å². The first-order valence-electron chi connectivity index (χ1n) is 12.2. The number of anilines is 2. The highest BCUT2D eigenvalue weighted by Crippen LogP contribution is 2.83. The fourth-order valence-corrected chi connectivity index (χ4v) is 18.3. The second-order valence-electron chi connectivity index (χ2n) is 12.1. The van der Waals surface area contributed by atoms with Crippen LogP contribution in [0.25, 0.3) is 0 Å². The fraction of sp³-hybridized carbons (Fsp3) is 0.692. The number of hydrogen-bond acceptors (Lipinski definition) is 2. The van der Waals surface area contributed by atoms with Gasteiger partial charge in [-0.25, -0.2) is 0 Å². The maximum absolute atomic E-state index is 13.6. The summed E-state index contributed by atoms with van der Waals surface area (Å²) < 4.78 is 0.282. The summed E-state index contributed by atoms with van der Waals surface area (Å²) in [6, 6.07) is 7.50. The second kappa shape index (κ2) is 8.77. The Morgan fingerprint density at radius 3 is 1.22 bits per heavy atom. The third kappa shape index (κ3) is 2.96. The van der Waals surface area contributed by atoms with Gasteiger partial charge in [0, 0.05) is 31.9 Å². The smallest absolute Gasteiger partial charge is 0.232 e. The van der Waals surface area contributed by atoms with Crippen LogP contribution < -0.4 is 10.6 Å². The molecule has 4 bridgehead atoms. The number of benzene rings is 1. The predicted molar refractivity (Wildman–Crippen MR) is 168 cm³/mol.